The van der Waals surface area contributed by atoms with E-state index in [4.69, 9.17) is 5.11 Å². The average Bonchev–Trinajstić information content (AvgIpc) is 2.88. The summed E-state index contributed by atoms with van der Waals surface area (Å²) in [6.45, 7) is -0.0741. The van der Waals surface area contributed by atoms with E-state index < -0.39 is 5.97 Å². The summed E-state index contributed by atoms with van der Waals surface area (Å²) < 4.78 is 1.35. The molecular formula is C10H10N4O3. The zero-order chi connectivity index (χ0) is 12.3. The lowest BCUT2D eigenvalue weighted by atomic mass is 10.4. The fraction of sp³-hybridized carbons (Fsp3) is 0.100. The molecule has 0 aromatic carbocycles. The Morgan fingerprint density at radius 3 is 3.00 bits per heavy atom. The second-order valence-corrected chi connectivity index (χ2v) is 3.31. The van der Waals surface area contributed by atoms with Gasteiger partial charge in [-0.2, -0.15) is 0 Å². The molecule has 1 amide bonds. The summed E-state index contributed by atoms with van der Waals surface area (Å²) in [6, 6.07) is 3.01. The predicted molar refractivity (Wildman–Crippen MR) is 58.6 cm³/mol. The lowest BCUT2D eigenvalue weighted by Gasteiger charge is -2.05. The van der Waals surface area contributed by atoms with Gasteiger partial charge < -0.3 is 14.7 Å². The molecule has 3 N–H and O–H groups in total. The van der Waals surface area contributed by atoms with Crippen LogP contribution in [0.4, 0.5) is 5.95 Å². The number of carboxylic acids is 1. The Balaban J connectivity index is 2.03. The van der Waals surface area contributed by atoms with Crippen molar-refractivity contribution >= 4 is 17.8 Å². The highest BCUT2D eigenvalue weighted by Gasteiger charge is 2.11. The zero-order valence-electron chi connectivity index (χ0n) is 8.75. The normalized spacial score (nSPS) is 10.1. The number of carbonyl (C=O) groups is 2. The van der Waals surface area contributed by atoms with Crippen molar-refractivity contribution in [1.29, 1.82) is 0 Å². The maximum absolute atomic E-state index is 11.6. The predicted octanol–water partition coefficient (Wildman–Crippen LogP) is 0.548. The van der Waals surface area contributed by atoms with E-state index in [9.17, 15) is 9.59 Å². The highest BCUT2D eigenvalue weighted by molar-refractivity contribution is 5.90. The maximum Gasteiger partial charge on any atom is 0.352 e. The van der Waals surface area contributed by atoms with Crippen molar-refractivity contribution in [3.8, 4) is 0 Å². The number of hydrogen-bond donors (Lipinski definition) is 3. The van der Waals surface area contributed by atoms with Crippen LogP contribution in [0.2, 0.25) is 0 Å². The van der Waals surface area contributed by atoms with E-state index in [1.165, 1.54) is 23.0 Å². The van der Waals surface area contributed by atoms with Crippen molar-refractivity contribution in [2.75, 3.05) is 5.32 Å². The number of anilines is 1. The first kappa shape index (κ1) is 10.9. The van der Waals surface area contributed by atoms with Crippen LogP contribution in [0.3, 0.4) is 0 Å². The average molecular weight is 234 g/mol. The number of hydrogen-bond acceptors (Lipinski definition) is 3. The van der Waals surface area contributed by atoms with E-state index in [1.54, 1.807) is 12.3 Å². The number of nitrogens with zero attached hydrogens (tertiary/aromatic N) is 2. The summed E-state index contributed by atoms with van der Waals surface area (Å²) in [5, 5.41) is 11.4. The summed E-state index contributed by atoms with van der Waals surface area (Å²) in [7, 11) is 0. The number of carbonyl (C=O) groups excluding carboxylic acids is 1. The summed E-state index contributed by atoms with van der Waals surface area (Å²) in [5.74, 6) is -1.08. The fourth-order valence-corrected chi connectivity index (χ4v) is 1.41. The highest BCUT2D eigenvalue weighted by atomic mass is 16.4. The van der Waals surface area contributed by atoms with Gasteiger partial charge in [-0.05, 0) is 12.1 Å². The molecule has 0 unspecified atom stereocenters. The van der Waals surface area contributed by atoms with Gasteiger partial charge in [-0.1, -0.05) is 0 Å². The molecule has 0 atom stereocenters. The third kappa shape index (κ3) is 2.51. The monoisotopic (exact) mass is 234 g/mol. The Kier molecular flexibility index (Phi) is 2.91. The first-order chi connectivity index (χ1) is 8.16. The lowest BCUT2D eigenvalue weighted by Crippen LogP contribution is -2.21. The van der Waals surface area contributed by atoms with Crippen LogP contribution in [0, 0.1) is 0 Å². The second kappa shape index (κ2) is 4.52. The van der Waals surface area contributed by atoms with Gasteiger partial charge in [-0.15, -0.1) is 0 Å². The molecule has 0 aliphatic rings. The number of aromatic amines is 1. The lowest BCUT2D eigenvalue weighted by molar-refractivity contribution is -0.116. The summed E-state index contributed by atoms with van der Waals surface area (Å²) in [5.41, 5.74) is 0.0691. The minimum atomic E-state index is -1.07. The summed E-state index contributed by atoms with van der Waals surface area (Å²) in [6.07, 6.45) is 4.62. The summed E-state index contributed by atoms with van der Waals surface area (Å²) >= 11 is 0. The molecular weight excluding hydrogens is 224 g/mol. The number of aromatic nitrogens is 3. The highest BCUT2D eigenvalue weighted by Crippen LogP contribution is 2.03. The molecule has 0 saturated heterocycles. The van der Waals surface area contributed by atoms with Crippen molar-refractivity contribution in [3.05, 3.63) is 36.4 Å². The number of imidazole rings is 1. The first-order valence-electron chi connectivity index (χ1n) is 4.84. The molecule has 0 bridgehead atoms. The van der Waals surface area contributed by atoms with Crippen LogP contribution >= 0.6 is 0 Å². The third-order valence-corrected chi connectivity index (χ3v) is 2.12. The Morgan fingerprint density at radius 2 is 2.35 bits per heavy atom. The van der Waals surface area contributed by atoms with Gasteiger partial charge in [-0.25, -0.2) is 9.78 Å². The Labute approximate surface area is 96.1 Å². The van der Waals surface area contributed by atoms with E-state index in [1.807, 2.05) is 0 Å². The second-order valence-electron chi connectivity index (χ2n) is 3.31. The number of H-pyrrole nitrogens is 1. The molecule has 88 valence electrons. The van der Waals surface area contributed by atoms with E-state index in [0.717, 1.165) is 0 Å². The minimum Gasteiger partial charge on any atom is -0.477 e. The van der Waals surface area contributed by atoms with E-state index >= 15 is 0 Å². The van der Waals surface area contributed by atoms with Gasteiger partial charge in [0.25, 0.3) is 0 Å². The molecule has 2 aromatic heterocycles. The van der Waals surface area contributed by atoms with Crippen LogP contribution in [0.15, 0.2) is 30.7 Å². The quantitative estimate of drug-likeness (QED) is 0.719. The number of rotatable bonds is 4. The van der Waals surface area contributed by atoms with Gasteiger partial charge in [0, 0.05) is 18.6 Å². The van der Waals surface area contributed by atoms with Crippen molar-refractivity contribution < 1.29 is 14.7 Å². The van der Waals surface area contributed by atoms with Crippen LogP contribution in [0.5, 0.6) is 0 Å². The maximum atomic E-state index is 11.6. The van der Waals surface area contributed by atoms with Gasteiger partial charge in [0.1, 0.15) is 12.2 Å². The molecule has 0 spiro atoms. The van der Waals surface area contributed by atoms with Gasteiger partial charge in [0.2, 0.25) is 11.9 Å². The van der Waals surface area contributed by atoms with Crippen LogP contribution in [0.25, 0.3) is 0 Å². The number of amides is 1. The smallest absolute Gasteiger partial charge is 0.352 e. The van der Waals surface area contributed by atoms with Gasteiger partial charge in [-0.3, -0.25) is 10.1 Å². The molecule has 2 aromatic rings. The molecule has 0 aliphatic heterocycles. The summed E-state index contributed by atoms with van der Waals surface area (Å²) in [4.78, 5) is 28.9. The molecule has 7 heteroatoms. The fourth-order valence-electron chi connectivity index (χ4n) is 1.41. The Hall–Kier alpha value is -2.57. The third-order valence-electron chi connectivity index (χ3n) is 2.12. The largest absolute Gasteiger partial charge is 0.477 e. The van der Waals surface area contributed by atoms with Crippen molar-refractivity contribution in [1.82, 2.24) is 14.5 Å². The van der Waals surface area contributed by atoms with Crippen molar-refractivity contribution in [3.63, 3.8) is 0 Å². The molecule has 0 aliphatic carbocycles. The Morgan fingerprint density at radius 1 is 1.53 bits per heavy atom. The SMILES string of the molecule is O=C(Cn1cccc1C(=O)O)Nc1ncc[nH]1. The van der Waals surface area contributed by atoms with Crippen molar-refractivity contribution in [2.24, 2.45) is 0 Å². The molecule has 2 rings (SSSR count). The topological polar surface area (TPSA) is 100 Å². The van der Waals surface area contributed by atoms with Crippen molar-refractivity contribution in [2.45, 2.75) is 6.54 Å². The first-order valence-corrected chi connectivity index (χ1v) is 4.84. The molecule has 0 saturated carbocycles. The molecule has 2 heterocycles. The van der Waals surface area contributed by atoms with Crippen LogP contribution in [-0.4, -0.2) is 31.5 Å². The van der Waals surface area contributed by atoms with Crippen LogP contribution < -0.4 is 5.32 Å². The number of carboxylic acid groups (broad SMARTS) is 1. The molecule has 7 nitrogen and oxygen atoms in total. The van der Waals surface area contributed by atoms with Gasteiger partial charge in [0.05, 0.1) is 0 Å². The van der Waals surface area contributed by atoms with Gasteiger partial charge in [0.15, 0.2) is 0 Å². The molecule has 0 radical (unpaired) electrons. The number of aromatic carboxylic acids is 1. The zero-order valence-corrected chi connectivity index (χ0v) is 8.75. The van der Waals surface area contributed by atoms with E-state index in [-0.39, 0.29) is 18.1 Å². The van der Waals surface area contributed by atoms with Crippen LogP contribution in [0.1, 0.15) is 10.5 Å². The molecule has 17 heavy (non-hydrogen) atoms. The van der Waals surface area contributed by atoms with Gasteiger partial charge >= 0.3 is 5.97 Å². The standard InChI is InChI=1S/C10H10N4O3/c15-8(13-10-11-3-4-12-10)6-14-5-1-2-7(14)9(16)17/h1-5H,6H2,(H,16,17)(H2,11,12,13,15). The number of nitrogens with one attached hydrogen (secondary N) is 2. The van der Waals surface area contributed by atoms with E-state index in [0.29, 0.717) is 5.95 Å². The van der Waals surface area contributed by atoms with Crippen LogP contribution in [-0.2, 0) is 11.3 Å². The molecule has 0 fully saturated rings. The Bertz CT molecular complexity index is 530. The van der Waals surface area contributed by atoms with E-state index in [2.05, 4.69) is 15.3 Å². The minimum absolute atomic E-state index is 0.0691.